The Morgan fingerprint density at radius 2 is 2.11 bits per heavy atom. The van der Waals surface area contributed by atoms with Crippen LogP contribution in [-0.4, -0.2) is 32.9 Å². The third-order valence-electron chi connectivity index (χ3n) is 2.49. The molecule has 0 amide bonds. The Kier molecular flexibility index (Phi) is 5.58. The first-order valence-corrected chi connectivity index (χ1v) is 7.80. The fourth-order valence-electron chi connectivity index (χ4n) is 1.37. The molecule has 0 unspecified atom stereocenters. The highest BCUT2D eigenvalue weighted by Crippen LogP contribution is 2.21. The lowest BCUT2D eigenvalue weighted by Gasteiger charge is -2.18. The molecule has 0 aliphatic rings. The van der Waals surface area contributed by atoms with Gasteiger partial charge in [-0.15, -0.1) is 0 Å². The van der Waals surface area contributed by atoms with Crippen LogP contribution in [0.1, 0.15) is 12.0 Å². The maximum Gasteiger partial charge on any atom is 0.301 e. The summed E-state index contributed by atoms with van der Waals surface area (Å²) in [6.07, 6.45) is 0.636. The highest BCUT2D eigenvalue weighted by molar-refractivity contribution is 9.10. The van der Waals surface area contributed by atoms with Crippen LogP contribution in [0.4, 0.5) is 5.69 Å². The minimum absolute atomic E-state index is 0.404. The van der Waals surface area contributed by atoms with Crippen LogP contribution in [0.25, 0.3) is 0 Å². The Morgan fingerprint density at radius 3 is 2.67 bits per heavy atom. The van der Waals surface area contributed by atoms with Crippen molar-refractivity contribution in [3.05, 3.63) is 28.2 Å². The zero-order chi connectivity index (χ0) is 13.8. The highest BCUT2D eigenvalue weighted by atomic mass is 79.9. The highest BCUT2D eigenvalue weighted by Gasteiger charge is 2.16. The van der Waals surface area contributed by atoms with Crippen molar-refractivity contribution >= 4 is 31.8 Å². The van der Waals surface area contributed by atoms with Crippen LogP contribution in [0.5, 0.6) is 0 Å². The summed E-state index contributed by atoms with van der Waals surface area (Å²) >= 11 is 3.37. The van der Waals surface area contributed by atoms with Crippen molar-refractivity contribution in [1.29, 1.82) is 0 Å². The van der Waals surface area contributed by atoms with E-state index in [1.54, 1.807) is 12.1 Å². The molecule has 0 aromatic heterocycles. The van der Waals surface area contributed by atoms with Gasteiger partial charge >= 0.3 is 10.2 Å². The number of hydrogen-bond donors (Lipinski definition) is 2. The second-order valence-electron chi connectivity index (χ2n) is 4.03. The molecular weight excluding hydrogens is 318 g/mol. The topological polar surface area (TPSA) is 75.4 Å². The number of anilines is 1. The first kappa shape index (κ1) is 15.4. The van der Waals surface area contributed by atoms with Gasteiger partial charge in [-0.05, 0) is 43.7 Å². The lowest BCUT2D eigenvalue weighted by atomic mass is 10.2. The van der Waals surface area contributed by atoms with Gasteiger partial charge in [-0.1, -0.05) is 15.9 Å². The van der Waals surface area contributed by atoms with E-state index in [1.807, 2.05) is 13.0 Å². The normalized spacial score (nSPS) is 11.8. The van der Waals surface area contributed by atoms with Gasteiger partial charge in [0.1, 0.15) is 0 Å². The molecule has 102 valence electrons. The average Bonchev–Trinajstić information content (AvgIpc) is 2.30. The van der Waals surface area contributed by atoms with Crippen molar-refractivity contribution in [1.82, 2.24) is 4.31 Å². The van der Waals surface area contributed by atoms with Crippen molar-refractivity contribution in [2.75, 3.05) is 24.9 Å². The van der Waals surface area contributed by atoms with Crippen molar-refractivity contribution in [3.63, 3.8) is 0 Å². The van der Waals surface area contributed by atoms with E-state index in [-0.39, 0.29) is 0 Å². The summed E-state index contributed by atoms with van der Waals surface area (Å²) in [6, 6.07) is 5.30. The molecule has 1 aromatic carbocycles. The largest absolute Gasteiger partial charge is 0.330 e. The summed E-state index contributed by atoms with van der Waals surface area (Å²) in [6.45, 7) is 2.78. The van der Waals surface area contributed by atoms with Gasteiger partial charge in [0.15, 0.2) is 0 Å². The molecule has 0 spiro atoms. The molecule has 5 nitrogen and oxygen atoms in total. The maximum atomic E-state index is 12.0. The quantitative estimate of drug-likeness (QED) is 0.830. The van der Waals surface area contributed by atoms with Crippen LogP contribution in [0.3, 0.4) is 0 Å². The van der Waals surface area contributed by atoms with Gasteiger partial charge in [-0.25, -0.2) is 0 Å². The summed E-state index contributed by atoms with van der Waals surface area (Å²) in [5.74, 6) is 0. The number of rotatable bonds is 6. The second-order valence-corrected chi connectivity index (χ2v) is 6.67. The number of nitrogens with zero attached hydrogens (tertiary/aromatic N) is 1. The van der Waals surface area contributed by atoms with Crippen LogP contribution < -0.4 is 10.5 Å². The number of nitrogens with two attached hydrogens (primary N) is 1. The van der Waals surface area contributed by atoms with Crippen molar-refractivity contribution < 1.29 is 8.42 Å². The van der Waals surface area contributed by atoms with Crippen LogP contribution in [0.2, 0.25) is 0 Å². The minimum atomic E-state index is -3.50. The summed E-state index contributed by atoms with van der Waals surface area (Å²) in [5.41, 5.74) is 6.89. The number of nitrogens with one attached hydrogen (secondary N) is 1. The smallest absolute Gasteiger partial charge is 0.301 e. The van der Waals surface area contributed by atoms with Gasteiger partial charge in [0.25, 0.3) is 0 Å². The predicted molar refractivity (Wildman–Crippen MR) is 77.7 cm³/mol. The molecule has 0 fully saturated rings. The van der Waals surface area contributed by atoms with Gasteiger partial charge in [0, 0.05) is 18.1 Å². The van der Waals surface area contributed by atoms with E-state index < -0.39 is 10.2 Å². The molecule has 0 saturated carbocycles. The molecular formula is C11H18BrN3O2S. The predicted octanol–water partition coefficient (Wildman–Crippen LogP) is 1.69. The van der Waals surface area contributed by atoms with E-state index >= 15 is 0 Å². The number of hydrogen-bond acceptors (Lipinski definition) is 3. The fourth-order valence-corrected chi connectivity index (χ4v) is 2.57. The van der Waals surface area contributed by atoms with Crippen molar-refractivity contribution in [3.8, 4) is 0 Å². The Labute approximate surface area is 117 Å². The molecule has 3 N–H and O–H groups in total. The van der Waals surface area contributed by atoms with Crippen LogP contribution in [-0.2, 0) is 10.2 Å². The van der Waals surface area contributed by atoms with Gasteiger partial charge in [0.05, 0.1) is 5.69 Å². The van der Waals surface area contributed by atoms with Gasteiger partial charge in [-0.2, -0.15) is 12.7 Å². The third-order valence-corrected chi connectivity index (χ3v) is 4.88. The lowest BCUT2D eigenvalue weighted by Crippen LogP contribution is -2.34. The number of benzene rings is 1. The molecule has 0 heterocycles. The fraction of sp³-hybridized carbons (Fsp3) is 0.455. The summed E-state index contributed by atoms with van der Waals surface area (Å²) in [5, 5.41) is 0. The molecule has 7 heteroatoms. The van der Waals surface area contributed by atoms with Crippen molar-refractivity contribution in [2.24, 2.45) is 5.73 Å². The number of aryl methyl sites for hydroxylation is 1. The SMILES string of the molecule is Cc1cc(NS(=O)(=O)N(C)CCCN)ccc1Br. The monoisotopic (exact) mass is 335 g/mol. The third kappa shape index (κ3) is 4.24. The van der Waals surface area contributed by atoms with Crippen LogP contribution in [0.15, 0.2) is 22.7 Å². The van der Waals surface area contributed by atoms with E-state index in [4.69, 9.17) is 5.73 Å². The minimum Gasteiger partial charge on any atom is -0.330 e. The van der Waals surface area contributed by atoms with E-state index in [0.29, 0.717) is 25.2 Å². The molecule has 0 atom stereocenters. The first-order valence-electron chi connectivity index (χ1n) is 5.57. The first-order chi connectivity index (χ1) is 8.36. The van der Waals surface area contributed by atoms with E-state index in [0.717, 1.165) is 10.0 Å². The van der Waals surface area contributed by atoms with Crippen LogP contribution in [0, 0.1) is 6.92 Å². The van der Waals surface area contributed by atoms with E-state index in [1.165, 1.54) is 11.4 Å². The maximum absolute atomic E-state index is 12.0. The lowest BCUT2D eigenvalue weighted by molar-refractivity contribution is 0.468. The molecule has 0 aliphatic carbocycles. The Morgan fingerprint density at radius 1 is 1.44 bits per heavy atom. The van der Waals surface area contributed by atoms with Crippen molar-refractivity contribution in [2.45, 2.75) is 13.3 Å². The van der Waals surface area contributed by atoms with Crippen LogP contribution >= 0.6 is 15.9 Å². The molecule has 0 radical (unpaired) electrons. The molecule has 1 aromatic rings. The van der Waals surface area contributed by atoms with E-state index in [2.05, 4.69) is 20.7 Å². The molecule has 0 bridgehead atoms. The average molecular weight is 336 g/mol. The Hall–Kier alpha value is -0.630. The molecule has 18 heavy (non-hydrogen) atoms. The van der Waals surface area contributed by atoms with Gasteiger partial charge in [-0.3, -0.25) is 4.72 Å². The standard InChI is InChI=1S/C11H18BrN3O2S/c1-9-8-10(4-5-11(9)12)14-18(16,17)15(2)7-3-6-13/h4-5,8,14H,3,6-7,13H2,1-2H3. The summed E-state index contributed by atoms with van der Waals surface area (Å²) < 4.78 is 28.7. The molecule has 0 saturated heterocycles. The second kappa shape index (κ2) is 6.51. The Balaban J connectivity index is 2.78. The molecule has 0 aliphatic heterocycles. The number of halogens is 1. The Bertz CT molecular complexity index is 505. The van der Waals surface area contributed by atoms with Gasteiger partial charge in [0.2, 0.25) is 0 Å². The summed E-state index contributed by atoms with van der Waals surface area (Å²) in [4.78, 5) is 0. The van der Waals surface area contributed by atoms with Gasteiger partial charge < -0.3 is 5.73 Å². The zero-order valence-corrected chi connectivity index (χ0v) is 12.9. The zero-order valence-electron chi connectivity index (χ0n) is 10.5. The summed E-state index contributed by atoms with van der Waals surface area (Å²) in [7, 11) is -1.97. The van der Waals surface area contributed by atoms with E-state index in [9.17, 15) is 8.42 Å². The molecule has 1 rings (SSSR count).